The fourth-order valence-electron chi connectivity index (χ4n) is 4.41. The average molecular weight is 246 g/mol. The molecule has 2 fully saturated rings. The highest BCUT2D eigenvalue weighted by Gasteiger charge is 2.40. The highest BCUT2D eigenvalue weighted by Crippen LogP contribution is 2.49. The monoisotopic (exact) mass is 246 g/mol. The van der Waals surface area contributed by atoms with Crippen LogP contribution in [-0.4, -0.2) is 21.3 Å². The number of rotatable bonds is 2. The van der Waals surface area contributed by atoms with Crippen LogP contribution < -0.4 is 5.32 Å². The lowest BCUT2D eigenvalue weighted by Crippen LogP contribution is -2.33. The summed E-state index contributed by atoms with van der Waals surface area (Å²) in [5, 5.41) is 12.3. The Morgan fingerprint density at radius 1 is 1.28 bits per heavy atom. The fourth-order valence-corrected chi connectivity index (χ4v) is 4.41. The summed E-state index contributed by atoms with van der Waals surface area (Å²) in [5.41, 5.74) is 0. The third-order valence-electron chi connectivity index (χ3n) is 5.36. The van der Waals surface area contributed by atoms with Crippen molar-refractivity contribution >= 4 is 0 Å². The molecule has 0 radical (unpaired) electrons. The molecule has 2 aliphatic carbocycles. The quantitative estimate of drug-likeness (QED) is 0.867. The van der Waals surface area contributed by atoms with Crippen LogP contribution in [0.25, 0.3) is 0 Å². The lowest BCUT2D eigenvalue weighted by atomic mass is 9.86. The zero-order chi connectivity index (χ0) is 12.1. The van der Waals surface area contributed by atoms with Crippen molar-refractivity contribution in [2.24, 2.45) is 17.8 Å². The summed E-state index contributed by atoms with van der Waals surface area (Å²) in [6.45, 7) is 4.28. The fraction of sp³-hybridized carbons (Fsp3) is 0.857. The van der Waals surface area contributed by atoms with Crippen LogP contribution in [0.15, 0.2) is 0 Å². The molecule has 4 rings (SSSR count). The second kappa shape index (κ2) is 4.05. The van der Waals surface area contributed by atoms with Crippen molar-refractivity contribution in [2.45, 2.75) is 51.6 Å². The topological polar surface area (TPSA) is 42.7 Å². The SMILES string of the molecule is CC1NCCn2c(CC3CC4CCC3C4)nnc21. The summed E-state index contributed by atoms with van der Waals surface area (Å²) >= 11 is 0. The molecule has 18 heavy (non-hydrogen) atoms. The van der Waals surface area contributed by atoms with Crippen LogP contribution in [0.3, 0.4) is 0 Å². The summed E-state index contributed by atoms with van der Waals surface area (Å²) < 4.78 is 2.37. The van der Waals surface area contributed by atoms with Gasteiger partial charge in [-0.05, 0) is 43.9 Å². The molecule has 0 spiro atoms. The molecule has 0 aromatic carbocycles. The molecule has 1 N–H and O–H groups in total. The van der Waals surface area contributed by atoms with Gasteiger partial charge >= 0.3 is 0 Å². The lowest BCUT2D eigenvalue weighted by molar-refractivity contribution is 0.319. The summed E-state index contributed by atoms with van der Waals surface area (Å²) in [6, 6.07) is 0.361. The molecule has 4 nitrogen and oxygen atoms in total. The zero-order valence-corrected chi connectivity index (χ0v) is 11.1. The van der Waals surface area contributed by atoms with E-state index in [1.165, 1.54) is 37.9 Å². The summed E-state index contributed by atoms with van der Waals surface area (Å²) in [7, 11) is 0. The van der Waals surface area contributed by atoms with E-state index in [-0.39, 0.29) is 0 Å². The predicted octanol–water partition coefficient (Wildman–Crippen LogP) is 1.92. The van der Waals surface area contributed by atoms with Crippen molar-refractivity contribution in [1.29, 1.82) is 0 Å². The van der Waals surface area contributed by atoms with E-state index in [4.69, 9.17) is 0 Å². The molecule has 1 aromatic heterocycles. The van der Waals surface area contributed by atoms with Crippen molar-refractivity contribution < 1.29 is 0 Å². The summed E-state index contributed by atoms with van der Waals surface area (Å²) in [6.07, 6.45) is 7.06. The van der Waals surface area contributed by atoms with E-state index in [0.29, 0.717) is 6.04 Å². The van der Waals surface area contributed by atoms with Crippen molar-refractivity contribution in [3.63, 3.8) is 0 Å². The Bertz CT molecular complexity index is 453. The Balaban J connectivity index is 1.55. The molecule has 0 saturated heterocycles. The molecule has 0 amide bonds. The first kappa shape index (κ1) is 11.0. The normalized spacial score (nSPS) is 38.1. The molecule has 4 heteroatoms. The number of nitrogens with zero attached hydrogens (tertiary/aromatic N) is 3. The van der Waals surface area contributed by atoms with Crippen LogP contribution in [0.4, 0.5) is 0 Å². The number of hydrogen-bond acceptors (Lipinski definition) is 3. The summed E-state index contributed by atoms with van der Waals surface area (Å²) in [5.74, 6) is 5.30. The molecular weight excluding hydrogens is 224 g/mol. The Morgan fingerprint density at radius 2 is 2.22 bits per heavy atom. The minimum absolute atomic E-state index is 0.361. The Kier molecular flexibility index (Phi) is 2.47. The average Bonchev–Trinajstić information content (AvgIpc) is 3.05. The first-order valence-corrected chi connectivity index (χ1v) is 7.46. The van der Waals surface area contributed by atoms with Gasteiger partial charge in [0.2, 0.25) is 0 Å². The smallest absolute Gasteiger partial charge is 0.149 e. The van der Waals surface area contributed by atoms with Crippen molar-refractivity contribution in [3.8, 4) is 0 Å². The van der Waals surface area contributed by atoms with Gasteiger partial charge in [-0.2, -0.15) is 0 Å². The molecule has 1 aliphatic heterocycles. The highest BCUT2D eigenvalue weighted by molar-refractivity contribution is 5.05. The minimum Gasteiger partial charge on any atom is -0.312 e. The Labute approximate surface area is 108 Å². The van der Waals surface area contributed by atoms with E-state index in [1.54, 1.807) is 0 Å². The van der Waals surface area contributed by atoms with Gasteiger partial charge in [-0.25, -0.2) is 0 Å². The lowest BCUT2D eigenvalue weighted by Gasteiger charge is -2.24. The third-order valence-corrected chi connectivity index (χ3v) is 5.36. The molecule has 2 bridgehead atoms. The maximum absolute atomic E-state index is 4.47. The second-order valence-corrected chi connectivity index (χ2v) is 6.44. The number of hydrogen-bond donors (Lipinski definition) is 1. The van der Waals surface area contributed by atoms with Gasteiger partial charge in [0.25, 0.3) is 0 Å². The van der Waals surface area contributed by atoms with Gasteiger partial charge in [0, 0.05) is 19.5 Å². The minimum atomic E-state index is 0.361. The van der Waals surface area contributed by atoms with Gasteiger partial charge in [0.15, 0.2) is 0 Å². The predicted molar refractivity (Wildman–Crippen MR) is 69.1 cm³/mol. The van der Waals surface area contributed by atoms with Crippen LogP contribution in [0.5, 0.6) is 0 Å². The van der Waals surface area contributed by atoms with E-state index in [1.807, 2.05) is 0 Å². The molecule has 4 unspecified atom stereocenters. The molecule has 4 atom stereocenters. The van der Waals surface area contributed by atoms with E-state index in [9.17, 15) is 0 Å². The second-order valence-electron chi connectivity index (χ2n) is 6.44. The zero-order valence-electron chi connectivity index (χ0n) is 11.1. The Morgan fingerprint density at radius 3 is 3.00 bits per heavy atom. The maximum atomic E-state index is 4.47. The van der Waals surface area contributed by atoms with E-state index >= 15 is 0 Å². The van der Waals surface area contributed by atoms with Gasteiger partial charge in [-0.3, -0.25) is 0 Å². The van der Waals surface area contributed by atoms with Crippen LogP contribution in [-0.2, 0) is 13.0 Å². The first-order chi connectivity index (χ1) is 8.81. The Hall–Kier alpha value is -0.900. The van der Waals surface area contributed by atoms with E-state index in [2.05, 4.69) is 27.0 Å². The largest absolute Gasteiger partial charge is 0.312 e. The first-order valence-electron chi connectivity index (χ1n) is 7.46. The van der Waals surface area contributed by atoms with Crippen LogP contribution >= 0.6 is 0 Å². The molecule has 3 aliphatic rings. The van der Waals surface area contributed by atoms with Crippen molar-refractivity contribution in [1.82, 2.24) is 20.1 Å². The number of nitrogens with one attached hydrogen (secondary N) is 1. The van der Waals surface area contributed by atoms with Gasteiger partial charge in [-0.1, -0.05) is 6.42 Å². The standard InChI is InChI=1S/C14H22N4/c1-9-14-17-16-13(18(14)5-4-15-9)8-12-7-10-2-3-11(12)6-10/h9-12,15H,2-8H2,1H3. The van der Waals surface area contributed by atoms with Crippen molar-refractivity contribution in [2.75, 3.05) is 6.54 Å². The highest BCUT2D eigenvalue weighted by atomic mass is 15.3. The molecule has 2 heterocycles. The van der Waals surface area contributed by atoms with Gasteiger partial charge in [-0.15, -0.1) is 10.2 Å². The van der Waals surface area contributed by atoms with E-state index in [0.717, 1.165) is 36.7 Å². The van der Waals surface area contributed by atoms with Crippen molar-refractivity contribution in [3.05, 3.63) is 11.6 Å². The van der Waals surface area contributed by atoms with E-state index < -0.39 is 0 Å². The molecule has 98 valence electrons. The van der Waals surface area contributed by atoms with Gasteiger partial charge < -0.3 is 9.88 Å². The number of aromatic nitrogens is 3. The van der Waals surface area contributed by atoms with Gasteiger partial charge in [0.05, 0.1) is 6.04 Å². The maximum Gasteiger partial charge on any atom is 0.149 e. The van der Waals surface area contributed by atoms with Gasteiger partial charge in [0.1, 0.15) is 11.6 Å². The third kappa shape index (κ3) is 1.62. The summed E-state index contributed by atoms with van der Waals surface area (Å²) in [4.78, 5) is 0. The van der Waals surface area contributed by atoms with Crippen LogP contribution in [0.1, 0.15) is 50.3 Å². The molecular formula is C14H22N4. The van der Waals surface area contributed by atoms with Crippen LogP contribution in [0.2, 0.25) is 0 Å². The number of fused-ring (bicyclic) bond motifs is 3. The molecule has 2 saturated carbocycles. The van der Waals surface area contributed by atoms with Crippen LogP contribution in [0, 0.1) is 17.8 Å². The molecule has 1 aromatic rings.